The minimum atomic E-state index is 0.954. The molecule has 0 unspecified atom stereocenters. The first-order chi connectivity index (χ1) is 14.8. The van der Waals surface area contributed by atoms with Crippen LogP contribution in [0.1, 0.15) is 16.8 Å². The van der Waals surface area contributed by atoms with Crippen molar-refractivity contribution in [1.82, 2.24) is 4.98 Å². The molecule has 1 heterocycles. The molecule has 5 aromatic carbocycles. The van der Waals surface area contributed by atoms with Crippen LogP contribution >= 0.6 is 0 Å². The van der Waals surface area contributed by atoms with Crippen molar-refractivity contribution in [3.63, 3.8) is 0 Å². The SMILES string of the molecule is Cc1nc2c(c3ccccc13)Cc1cc3c4ccccc4c4ccccc4c3cc1-2. The molecule has 0 radical (unpaired) electrons. The van der Waals surface area contributed by atoms with Gasteiger partial charge in [-0.25, -0.2) is 0 Å². The van der Waals surface area contributed by atoms with Crippen LogP contribution in [0, 0.1) is 6.92 Å². The molecule has 0 N–H and O–H groups in total. The average Bonchev–Trinajstić information content (AvgIpc) is 3.16. The van der Waals surface area contributed by atoms with Gasteiger partial charge in [0.1, 0.15) is 0 Å². The highest BCUT2D eigenvalue weighted by molar-refractivity contribution is 6.26. The zero-order valence-corrected chi connectivity index (χ0v) is 16.7. The first-order valence-corrected chi connectivity index (χ1v) is 10.5. The summed E-state index contributed by atoms with van der Waals surface area (Å²) >= 11 is 0. The molecule has 7 rings (SSSR count). The fourth-order valence-corrected chi connectivity index (χ4v) is 5.44. The van der Waals surface area contributed by atoms with Crippen LogP contribution in [0.25, 0.3) is 54.3 Å². The van der Waals surface area contributed by atoms with E-state index in [-0.39, 0.29) is 0 Å². The third-order valence-electron chi connectivity index (χ3n) is 6.80. The molecule has 0 amide bonds. The van der Waals surface area contributed by atoms with Gasteiger partial charge in [-0.3, -0.25) is 4.98 Å². The Balaban J connectivity index is 1.65. The Labute approximate surface area is 174 Å². The van der Waals surface area contributed by atoms with Gasteiger partial charge in [0.25, 0.3) is 0 Å². The monoisotopic (exact) mass is 381 g/mol. The van der Waals surface area contributed by atoms with Crippen LogP contribution in [0.5, 0.6) is 0 Å². The van der Waals surface area contributed by atoms with Crippen LogP contribution in [-0.2, 0) is 6.42 Å². The molecule has 1 aliphatic carbocycles. The second-order valence-electron chi connectivity index (χ2n) is 8.39. The van der Waals surface area contributed by atoms with Crippen molar-refractivity contribution in [1.29, 1.82) is 0 Å². The first kappa shape index (κ1) is 16.1. The predicted molar refractivity (Wildman–Crippen MR) is 127 cm³/mol. The minimum Gasteiger partial charge on any atom is -0.252 e. The Kier molecular flexibility index (Phi) is 3.05. The first-order valence-electron chi connectivity index (χ1n) is 10.5. The van der Waals surface area contributed by atoms with E-state index in [1.165, 1.54) is 65.5 Å². The molecule has 0 spiro atoms. The van der Waals surface area contributed by atoms with Crippen molar-refractivity contribution in [2.75, 3.05) is 0 Å². The van der Waals surface area contributed by atoms with Gasteiger partial charge >= 0.3 is 0 Å². The maximum absolute atomic E-state index is 5.07. The number of pyridine rings is 1. The van der Waals surface area contributed by atoms with E-state index in [2.05, 4.69) is 91.9 Å². The number of nitrogens with zero attached hydrogens (tertiary/aromatic N) is 1. The Morgan fingerprint density at radius 1 is 0.567 bits per heavy atom. The van der Waals surface area contributed by atoms with Crippen molar-refractivity contribution in [3.05, 3.63) is 102 Å². The molecule has 0 saturated heterocycles. The van der Waals surface area contributed by atoms with Crippen LogP contribution in [-0.4, -0.2) is 4.98 Å². The topological polar surface area (TPSA) is 12.9 Å². The summed E-state index contributed by atoms with van der Waals surface area (Å²) in [5.41, 5.74) is 6.34. The zero-order valence-electron chi connectivity index (χ0n) is 16.7. The van der Waals surface area contributed by atoms with Gasteiger partial charge < -0.3 is 0 Å². The lowest BCUT2D eigenvalue weighted by Gasteiger charge is -2.12. The van der Waals surface area contributed by atoms with Gasteiger partial charge in [-0.15, -0.1) is 0 Å². The highest BCUT2D eigenvalue weighted by atomic mass is 14.7. The van der Waals surface area contributed by atoms with Gasteiger partial charge in [-0.2, -0.15) is 0 Å². The predicted octanol–water partition coefficient (Wildman–Crippen LogP) is 7.57. The summed E-state index contributed by atoms with van der Waals surface area (Å²) in [6, 6.07) is 31.1. The summed E-state index contributed by atoms with van der Waals surface area (Å²) in [5, 5.41) is 10.6. The molecule has 0 saturated carbocycles. The molecule has 6 aromatic rings. The van der Waals surface area contributed by atoms with Gasteiger partial charge in [-0.1, -0.05) is 72.8 Å². The third kappa shape index (κ3) is 1.99. The molecule has 0 fully saturated rings. The van der Waals surface area contributed by atoms with Crippen LogP contribution in [0.15, 0.2) is 84.9 Å². The maximum Gasteiger partial charge on any atom is 0.0750 e. The van der Waals surface area contributed by atoms with Gasteiger partial charge in [0.2, 0.25) is 0 Å². The number of fused-ring (bicyclic) bond motifs is 11. The molecule has 0 aliphatic heterocycles. The van der Waals surface area contributed by atoms with Crippen LogP contribution < -0.4 is 0 Å². The summed E-state index contributed by atoms with van der Waals surface area (Å²) in [6.45, 7) is 2.13. The fraction of sp³-hybridized carbons (Fsp3) is 0.0690. The second kappa shape index (κ2) is 5.67. The lowest BCUT2D eigenvalue weighted by atomic mass is 9.92. The smallest absolute Gasteiger partial charge is 0.0750 e. The van der Waals surface area contributed by atoms with Crippen molar-refractivity contribution in [2.24, 2.45) is 0 Å². The van der Waals surface area contributed by atoms with E-state index in [4.69, 9.17) is 4.98 Å². The van der Waals surface area contributed by atoms with Gasteiger partial charge in [0.15, 0.2) is 0 Å². The normalized spacial score (nSPS) is 12.7. The number of aryl methyl sites for hydroxylation is 1. The van der Waals surface area contributed by atoms with E-state index in [1.807, 2.05) is 0 Å². The van der Waals surface area contributed by atoms with E-state index >= 15 is 0 Å². The maximum atomic E-state index is 5.07. The Bertz CT molecular complexity index is 1670. The van der Waals surface area contributed by atoms with Crippen LogP contribution in [0.4, 0.5) is 0 Å². The number of rotatable bonds is 0. The minimum absolute atomic E-state index is 0.954. The number of hydrogen-bond donors (Lipinski definition) is 0. The van der Waals surface area contributed by atoms with Gasteiger partial charge in [0.05, 0.1) is 5.69 Å². The average molecular weight is 381 g/mol. The standard InChI is InChI=1S/C29H19N/c1-17-19-8-2-3-9-20(19)28-15-18-14-26-23-12-6-4-10-21(23)22-11-5-7-13-24(22)27(26)16-25(18)29(28)30-17/h2-14,16H,15H2,1H3. The number of aromatic nitrogens is 1. The fourth-order valence-electron chi connectivity index (χ4n) is 5.44. The molecule has 0 bridgehead atoms. The molecular weight excluding hydrogens is 362 g/mol. The highest BCUT2D eigenvalue weighted by Gasteiger charge is 2.24. The molecule has 30 heavy (non-hydrogen) atoms. The summed E-state index contributed by atoms with van der Waals surface area (Å²) < 4.78 is 0. The number of benzene rings is 5. The van der Waals surface area contributed by atoms with Crippen LogP contribution in [0.3, 0.4) is 0 Å². The number of hydrogen-bond acceptors (Lipinski definition) is 1. The van der Waals surface area contributed by atoms with Gasteiger partial charge in [0, 0.05) is 23.1 Å². The summed E-state index contributed by atoms with van der Waals surface area (Å²) in [5.74, 6) is 0. The van der Waals surface area contributed by atoms with Gasteiger partial charge in [-0.05, 0) is 67.9 Å². The Morgan fingerprint density at radius 2 is 1.07 bits per heavy atom. The van der Waals surface area contributed by atoms with Crippen molar-refractivity contribution in [2.45, 2.75) is 13.3 Å². The Hall–Kier alpha value is -3.71. The van der Waals surface area contributed by atoms with E-state index in [0.29, 0.717) is 0 Å². The molecule has 1 aliphatic rings. The molecule has 1 heteroatoms. The Morgan fingerprint density at radius 3 is 1.70 bits per heavy atom. The van der Waals surface area contributed by atoms with E-state index < -0.39 is 0 Å². The molecule has 1 nitrogen and oxygen atoms in total. The van der Waals surface area contributed by atoms with Crippen molar-refractivity contribution < 1.29 is 0 Å². The quantitative estimate of drug-likeness (QED) is 0.247. The summed E-state index contributed by atoms with van der Waals surface area (Å²) in [4.78, 5) is 5.07. The highest BCUT2D eigenvalue weighted by Crippen LogP contribution is 2.44. The van der Waals surface area contributed by atoms with Crippen LogP contribution in [0.2, 0.25) is 0 Å². The third-order valence-corrected chi connectivity index (χ3v) is 6.80. The lowest BCUT2D eigenvalue weighted by molar-refractivity contribution is 1.21. The second-order valence-corrected chi connectivity index (χ2v) is 8.39. The van der Waals surface area contributed by atoms with E-state index in [1.54, 1.807) is 0 Å². The molecular formula is C29H19N. The summed E-state index contributed by atoms with van der Waals surface area (Å²) in [6.07, 6.45) is 0.954. The largest absolute Gasteiger partial charge is 0.252 e. The lowest BCUT2D eigenvalue weighted by Crippen LogP contribution is -1.92. The van der Waals surface area contributed by atoms with Crippen molar-refractivity contribution >= 4 is 43.1 Å². The van der Waals surface area contributed by atoms with E-state index in [9.17, 15) is 0 Å². The van der Waals surface area contributed by atoms with E-state index in [0.717, 1.165) is 12.1 Å². The molecule has 140 valence electrons. The molecule has 1 aromatic heterocycles. The zero-order chi connectivity index (χ0) is 19.8. The summed E-state index contributed by atoms with van der Waals surface area (Å²) in [7, 11) is 0. The van der Waals surface area contributed by atoms with Crippen molar-refractivity contribution in [3.8, 4) is 11.3 Å². The molecule has 0 atom stereocenters.